The van der Waals surface area contributed by atoms with E-state index in [0.717, 1.165) is 13.1 Å². The molecular formula is C12H30N2P2. The first-order chi connectivity index (χ1) is 7.05. The van der Waals surface area contributed by atoms with Crippen molar-refractivity contribution < 1.29 is 0 Å². The fourth-order valence-corrected chi connectivity index (χ4v) is 2.76. The Bertz CT molecular complexity index is 172. The van der Waals surface area contributed by atoms with Crippen molar-refractivity contribution in [1.29, 1.82) is 0 Å². The topological polar surface area (TPSA) is 24.1 Å². The van der Waals surface area contributed by atoms with E-state index < -0.39 is 0 Å². The van der Waals surface area contributed by atoms with Gasteiger partial charge in [-0.3, -0.25) is 10.2 Å². The highest BCUT2D eigenvalue weighted by Gasteiger charge is 2.20. The molecule has 0 rings (SSSR count). The summed E-state index contributed by atoms with van der Waals surface area (Å²) < 4.78 is 0. The molecule has 0 aliphatic rings. The Hall–Kier alpha value is 0.780. The van der Waals surface area contributed by atoms with Crippen LogP contribution >= 0.6 is 16.1 Å². The average Bonchev–Trinajstić information content (AvgIpc) is 2.08. The van der Waals surface area contributed by atoms with Gasteiger partial charge in [0.25, 0.3) is 0 Å². The zero-order valence-corrected chi connectivity index (χ0v) is 14.1. The number of hydrogen-bond acceptors (Lipinski definition) is 2. The van der Waals surface area contributed by atoms with E-state index >= 15 is 0 Å². The highest BCUT2D eigenvalue weighted by molar-refractivity contribution is 7.56. The fourth-order valence-electron chi connectivity index (χ4n) is 0.922. The first-order valence-electron chi connectivity index (χ1n) is 6.00. The first-order valence-corrected chi connectivity index (χ1v) is 9.57. The van der Waals surface area contributed by atoms with Gasteiger partial charge in [0, 0.05) is 13.1 Å². The Kier molecular flexibility index (Phi) is 6.97. The molecule has 0 spiro atoms. The largest absolute Gasteiger partial charge is 0.294 e. The highest BCUT2D eigenvalue weighted by atomic mass is 31.1. The number of rotatable bonds is 5. The molecule has 0 amide bonds. The Labute approximate surface area is 105 Å². The first kappa shape index (κ1) is 16.8. The van der Waals surface area contributed by atoms with Gasteiger partial charge < -0.3 is 0 Å². The van der Waals surface area contributed by atoms with Gasteiger partial charge >= 0.3 is 0 Å². The van der Waals surface area contributed by atoms with E-state index in [-0.39, 0.29) is 16.1 Å². The van der Waals surface area contributed by atoms with Crippen molar-refractivity contribution in [2.24, 2.45) is 0 Å². The van der Waals surface area contributed by atoms with Gasteiger partial charge in [-0.1, -0.05) is 41.5 Å². The van der Waals surface area contributed by atoms with Crippen LogP contribution in [0.4, 0.5) is 0 Å². The van der Waals surface area contributed by atoms with Gasteiger partial charge in [-0.15, -0.1) is 0 Å². The highest BCUT2D eigenvalue weighted by Crippen LogP contribution is 2.42. The standard InChI is InChI=1S/C12H30N2P2/c1-11(2,3)15(7)13-9-10-14-16(8)12(4,5)6/h13-14H,9-10H2,1-8H3. The smallest absolute Gasteiger partial charge is 0.0119 e. The van der Waals surface area contributed by atoms with Crippen molar-refractivity contribution in [3.05, 3.63) is 0 Å². The third-order valence-electron chi connectivity index (χ3n) is 2.84. The van der Waals surface area contributed by atoms with Gasteiger partial charge in [-0.05, 0) is 39.8 Å². The molecule has 0 bridgehead atoms. The minimum atomic E-state index is -0.0634. The summed E-state index contributed by atoms with van der Waals surface area (Å²) >= 11 is 0. The van der Waals surface area contributed by atoms with Crippen molar-refractivity contribution in [1.82, 2.24) is 10.2 Å². The molecule has 0 heterocycles. The molecule has 0 saturated heterocycles. The lowest BCUT2D eigenvalue weighted by Crippen LogP contribution is -2.29. The maximum atomic E-state index is 3.64. The summed E-state index contributed by atoms with van der Waals surface area (Å²) in [6.45, 7) is 20.7. The van der Waals surface area contributed by atoms with Gasteiger partial charge in [0.1, 0.15) is 0 Å². The molecule has 0 aliphatic heterocycles. The van der Waals surface area contributed by atoms with E-state index in [9.17, 15) is 0 Å². The van der Waals surface area contributed by atoms with Crippen LogP contribution in [0.3, 0.4) is 0 Å². The molecule has 2 N–H and O–H groups in total. The van der Waals surface area contributed by atoms with Gasteiger partial charge in [-0.25, -0.2) is 0 Å². The lowest BCUT2D eigenvalue weighted by molar-refractivity contribution is 0.741. The van der Waals surface area contributed by atoms with Crippen molar-refractivity contribution in [2.75, 3.05) is 26.4 Å². The van der Waals surface area contributed by atoms with Gasteiger partial charge in [0.2, 0.25) is 0 Å². The second-order valence-electron chi connectivity index (χ2n) is 6.28. The normalized spacial score (nSPS) is 17.2. The lowest BCUT2D eigenvalue weighted by Gasteiger charge is -2.30. The summed E-state index contributed by atoms with van der Waals surface area (Å²) in [6, 6.07) is 0. The molecule has 0 fully saturated rings. The van der Waals surface area contributed by atoms with Crippen molar-refractivity contribution in [3.8, 4) is 0 Å². The van der Waals surface area contributed by atoms with Crippen molar-refractivity contribution in [2.45, 2.75) is 51.9 Å². The van der Waals surface area contributed by atoms with Crippen molar-refractivity contribution >= 4 is 16.1 Å². The summed E-state index contributed by atoms with van der Waals surface area (Å²) in [5, 5.41) is 8.11. The average molecular weight is 264 g/mol. The maximum absolute atomic E-state index is 3.64. The molecule has 0 radical (unpaired) electrons. The monoisotopic (exact) mass is 264 g/mol. The number of nitrogens with one attached hydrogen (secondary N) is 2. The van der Waals surface area contributed by atoms with Gasteiger partial charge in [0.15, 0.2) is 0 Å². The molecule has 0 aliphatic carbocycles. The summed E-state index contributed by atoms with van der Waals surface area (Å²) in [5.41, 5.74) is 0. The third-order valence-corrected chi connectivity index (χ3v) is 8.26. The predicted molar refractivity (Wildman–Crippen MR) is 81.2 cm³/mol. The van der Waals surface area contributed by atoms with E-state index in [4.69, 9.17) is 0 Å². The lowest BCUT2D eigenvalue weighted by atomic mass is 10.3. The van der Waals surface area contributed by atoms with Gasteiger partial charge in [-0.2, -0.15) is 0 Å². The van der Waals surface area contributed by atoms with Crippen LogP contribution in [0.25, 0.3) is 0 Å². The molecule has 2 atom stereocenters. The molecular weight excluding hydrogens is 234 g/mol. The zero-order chi connectivity index (χ0) is 13.0. The van der Waals surface area contributed by atoms with Crippen LogP contribution in [0.15, 0.2) is 0 Å². The van der Waals surface area contributed by atoms with Crippen LogP contribution in [0, 0.1) is 0 Å². The Morgan fingerprint density at radius 3 is 1.12 bits per heavy atom. The minimum Gasteiger partial charge on any atom is -0.294 e. The summed E-state index contributed by atoms with van der Waals surface area (Å²) in [6.07, 6.45) is 0. The van der Waals surface area contributed by atoms with Crippen LogP contribution in [-0.4, -0.2) is 36.7 Å². The molecule has 0 saturated carbocycles. The fraction of sp³-hybridized carbons (Fsp3) is 1.00. The Morgan fingerprint density at radius 1 is 0.688 bits per heavy atom. The molecule has 2 unspecified atom stereocenters. The van der Waals surface area contributed by atoms with Crippen LogP contribution in [-0.2, 0) is 0 Å². The van der Waals surface area contributed by atoms with E-state index in [1.807, 2.05) is 0 Å². The Morgan fingerprint density at radius 2 is 0.938 bits per heavy atom. The molecule has 16 heavy (non-hydrogen) atoms. The Balaban J connectivity index is 3.70. The third kappa shape index (κ3) is 7.17. The molecule has 0 aromatic heterocycles. The molecule has 98 valence electrons. The minimum absolute atomic E-state index is 0.0634. The molecule has 2 nitrogen and oxygen atoms in total. The van der Waals surface area contributed by atoms with E-state index in [2.05, 4.69) is 65.0 Å². The molecule has 4 heteroatoms. The van der Waals surface area contributed by atoms with Crippen LogP contribution < -0.4 is 10.2 Å². The summed E-state index contributed by atoms with van der Waals surface area (Å²) in [7, 11) is -0.127. The number of hydrogen-bond donors (Lipinski definition) is 2. The zero-order valence-electron chi connectivity index (χ0n) is 12.3. The van der Waals surface area contributed by atoms with E-state index in [1.54, 1.807) is 0 Å². The predicted octanol–water partition coefficient (Wildman–Crippen LogP) is 3.82. The molecule has 0 aromatic carbocycles. The van der Waals surface area contributed by atoms with E-state index in [1.165, 1.54) is 0 Å². The molecule has 0 aromatic rings. The second kappa shape index (κ2) is 6.64. The maximum Gasteiger partial charge on any atom is 0.0119 e. The van der Waals surface area contributed by atoms with Crippen molar-refractivity contribution in [3.63, 3.8) is 0 Å². The van der Waals surface area contributed by atoms with Gasteiger partial charge in [0.05, 0.1) is 0 Å². The summed E-state index contributed by atoms with van der Waals surface area (Å²) in [4.78, 5) is 0. The summed E-state index contributed by atoms with van der Waals surface area (Å²) in [5.74, 6) is 0. The van der Waals surface area contributed by atoms with Crippen LogP contribution in [0.2, 0.25) is 0 Å². The van der Waals surface area contributed by atoms with Crippen LogP contribution in [0.1, 0.15) is 41.5 Å². The van der Waals surface area contributed by atoms with E-state index in [0.29, 0.717) is 10.3 Å². The quantitative estimate of drug-likeness (QED) is 0.582. The SMILES string of the molecule is CP(NCCNP(C)C(C)(C)C)C(C)(C)C. The van der Waals surface area contributed by atoms with Crippen LogP contribution in [0.5, 0.6) is 0 Å². The second-order valence-corrected chi connectivity index (χ2v) is 11.8.